The van der Waals surface area contributed by atoms with E-state index in [-0.39, 0.29) is 52.8 Å². The molecule has 2 aromatic rings. The summed E-state index contributed by atoms with van der Waals surface area (Å²) >= 11 is 0. The van der Waals surface area contributed by atoms with Crippen molar-refractivity contribution < 1.29 is 37.4 Å². The maximum Gasteiger partial charge on any atom is 0.326 e. The summed E-state index contributed by atoms with van der Waals surface area (Å²) in [6.07, 6.45) is 5.64. The molecule has 0 unspecified atom stereocenters. The lowest BCUT2D eigenvalue weighted by molar-refractivity contribution is -0.151. The third kappa shape index (κ3) is 10.6. The number of aryl methyl sites for hydroxylation is 1. The van der Waals surface area contributed by atoms with E-state index in [0.717, 1.165) is 31.1 Å². The zero-order chi connectivity index (χ0) is 36.5. The van der Waals surface area contributed by atoms with Crippen LogP contribution in [0.15, 0.2) is 58.4 Å². The molecule has 2 aromatic carbocycles. The number of hydrogen-bond donors (Lipinski definition) is 4. The lowest BCUT2D eigenvalue weighted by atomic mass is 10.0. The average molecular weight is 700 g/mol. The Bertz CT molecular complexity index is 1630. The van der Waals surface area contributed by atoms with Crippen molar-refractivity contribution in [1.82, 2.24) is 10.2 Å². The zero-order valence-corrected chi connectivity index (χ0v) is 29.6. The summed E-state index contributed by atoms with van der Waals surface area (Å²) in [5, 5.41) is 12.8. The molecule has 2 fully saturated rings. The molecule has 2 amide bonds. The van der Waals surface area contributed by atoms with Crippen molar-refractivity contribution in [3.05, 3.63) is 65.2 Å². The van der Waals surface area contributed by atoms with E-state index in [0.29, 0.717) is 24.8 Å². The third-order valence-corrected chi connectivity index (χ3v) is 10.00. The maximum absolute atomic E-state index is 13.2. The standard InChI is InChI=1S/C23H32N2O5.C12H17N3O3S/c1-3-30-23(29)18(13-12-16-8-5-4-6-9-16)24-15(2)21(26)25-19-11-7-10-17(19)14-20(25)22(27)28;1-7(2)9-5-4-8(11(16)15-12(13)14)6-10(9)19(3,17)18/h4-6,8-9,15,17-20,24H,3,7,10-14H2,1-2H3,(H,27,28);4-7H,1-3H3,(H4,13,14,15,16)/t15-,17-,18-,19-,20-;/m0./s1. The Morgan fingerprint density at radius 1 is 1.06 bits per heavy atom. The van der Waals surface area contributed by atoms with Crippen LogP contribution in [0.4, 0.5) is 0 Å². The molecular formula is C35H49N5O8S. The first kappa shape index (κ1) is 39.1. The van der Waals surface area contributed by atoms with Gasteiger partial charge in [0.25, 0.3) is 5.91 Å². The van der Waals surface area contributed by atoms with Crippen molar-refractivity contribution in [3.8, 4) is 0 Å². The minimum Gasteiger partial charge on any atom is -0.480 e. The fourth-order valence-electron chi connectivity index (χ4n) is 6.54. The number of esters is 1. The van der Waals surface area contributed by atoms with Crippen LogP contribution in [0.5, 0.6) is 0 Å². The number of hydrogen-bond acceptors (Lipinski definition) is 8. The van der Waals surface area contributed by atoms with Crippen LogP contribution in [-0.4, -0.2) is 85.2 Å². The second-order valence-electron chi connectivity index (χ2n) is 12.8. The van der Waals surface area contributed by atoms with Gasteiger partial charge in [0.1, 0.15) is 12.1 Å². The van der Waals surface area contributed by atoms with Crippen LogP contribution in [0.1, 0.15) is 87.2 Å². The maximum atomic E-state index is 13.2. The molecule has 1 heterocycles. The molecule has 1 saturated carbocycles. The molecule has 1 saturated heterocycles. The number of amides is 2. The smallest absolute Gasteiger partial charge is 0.326 e. The number of nitrogens with zero attached hydrogens (tertiary/aromatic N) is 2. The van der Waals surface area contributed by atoms with Crippen LogP contribution in [-0.2, 0) is 35.4 Å². The molecule has 5 atom stereocenters. The topological polar surface area (TPSA) is 212 Å². The molecule has 0 bridgehead atoms. The van der Waals surface area contributed by atoms with Gasteiger partial charge >= 0.3 is 11.9 Å². The number of fused-ring (bicyclic) bond motifs is 1. The van der Waals surface area contributed by atoms with Gasteiger partial charge in [0.15, 0.2) is 15.8 Å². The highest BCUT2D eigenvalue weighted by molar-refractivity contribution is 7.90. The van der Waals surface area contributed by atoms with E-state index in [9.17, 15) is 32.7 Å². The highest BCUT2D eigenvalue weighted by atomic mass is 32.2. The Kier molecular flexibility index (Phi) is 13.9. The normalized spacial score (nSPS) is 19.6. The van der Waals surface area contributed by atoms with E-state index in [4.69, 9.17) is 16.2 Å². The van der Waals surface area contributed by atoms with Gasteiger partial charge in [-0.15, -0.1) is 0 Å². The van der Waals surface area contributed by atoms with Crippen LogP contribution in [0.2, 0.25) is 0 Å². The number of ether oxygens (including phenoxy) is 1. The molecule has 268 valence electrons. The van der Waals surface area contributed by atoms with E-state index in [1.165, 1.54) is 12.1 Å². The first-order chi connectivity index (χ1) is 23.0. The van der Waals surface area contributed by atoms with Gasteiger partial charge < -0.3 is 26.2 Å². The van der Waals surface area contributed by atoms with E-state index in [1.54, 1.807) is 24.8 Å². The fourth-order valence-corrected chi connectivity index (χ4v) is 7.61. The van der Waals surface area contributed by atoms with E-state index >= 15 is 0 Å². The lowest BCUT2D eigenvalue weighted by Crippen LogP contribution is -2.55. The number of aliphatic carboxylic acids is 1. The van der Waals surface area contributed by atoms with E-state index < -0.39 is 39.8 Å². The van der Waals surface area contributed by atoms with Gasteiger partial charge in [-0.05, 0) is 81.0 Å². The Morgan fingerprint density at radius 3 is 2.31 bits per heavy atom. The van der Waals surface area contributed by atoms with E-state index in [2.05, 4.69) is 10.3 Å². The van der Waals surface area contributed by atoms with Crippen LogP contribution >= 0.6 is 0 Å². The Hall–Kier alpha value is -4.30. The molecule has 13 nitrogen and oxygen atoms in total. The summed E-state index contributed by atoms with van der Waals surface area (Å²) in [6.45, 7) is 7.48. The number of nitrogens with one attached hydrogen (secondary N) is 1. The summed E-state index contributed by atoms with van der Waals surface area (Å²) in [4.78, 5) is 54.2. The number of rotatable bonds is 12. The van der Waals surface area contributed by atoms with Crippen LogP contribution in [0.3, 0.4) is 0 Å². The number of guanidine groups is 1. The summed E-state index contributed by atoms with van der Waals surface area (Å²) < 4.78 is 28.7. The largest absolute Gasteiger partial charge is 0.480 e. The Balaban J connectivity index is 0.000000295. The van der Waals surface area contributed by atoms with Gasteiger partial charge in [-0.25, -0.2) is 13.2 Å². The first-order valence-corrected chi connectivity index (χ1v) is 18.4. The van der Waals surface area contributed by atoms with Gasteiger partial charge in [0.05, 0.1) is 17.5 Å². The second-order valence-corrected chi connectivity index (χ2v) is 14.8. The van der Waals surface area contributed by atoms with Gasteiger partial charge in [0.2, 0.25) is 5.91 Å². The number of nitrogens with two attached hydrogens (primary N) is 2. The SMILES string of the molecule is CC(C)c1ccc(C(=O)N=C(N)N)cc1S(C)(=O)=O.CCOC(=O)[C@H](CCc1ccccc1)N[C@@H](C)C(=O)N1[C@H](C(=O)O)C[C@@H]2CCC[C@@H]21. The molecule has 0 spiro atoms. The molecule has 14 heteroatoms. The van der Waals surface area contributed by atoms with Crippen molar-refractivity contribution in [3.63, 3.8) is 0 Å². The van der Waals surface area contributed by atoms with E-state index in [1.807, 2.05) is 44.2 Å². The van der Waals surface area contributed by atoms with Crippen molar-refractivity contribution in [2.45, 2.75) is 101 Å². The molecular weight excluding hydrogens is 650 g/mol. The number of carboxylic acid groups (broad SMARTS) is 1. The second kappa shape index (κ2) is 17.4. The van der Waals surface area contributed by atoms with Crippen molar-refractivity contribution in [2.75, 3.05) is 12.9 Å². The lowest BCUT2D eigenvalue weighted by Gasteiger charge is -2.31. The minimum atomic E-state index is -3.43. The summed E-state index contributed by atoms with van der Waals surface area (Å²) in [6, 6.07) is 12.2. The molecule has 1 aliphatic heterocycles. The Labute approximate surface area is 288 Å². The van der Waals surface area contributed by atoms with Crippen molar-refractivity contribution >= 4 is 39.5 Å². The van der Waals surface area contributed by atoms with Crippen LogP contribution < -0.4 is 16.8 Å². The number of carbonyl (C=O) groups is 4. The quantitative estimate of drug-likeness (QED) is 0.144. The van der Waals surface area contributed by atoms with Gasteiger partial charge in [0, 0.05) is 17.9 Å². The molecule has 4 rings (SSSR count). The number of benzene rings is 2. The average Bonchev–Trinajstić information content (AvgIpc) is 3.64. The molecule has 6 N–H and O–H groups in total. The predicted octanol–water partition coefficient (Wildman–Crippen LogP) is 3.01. The Morgan fingerprint density at radius 2 is 1.73 bits per heavy atom. The number of carboxylic acids is 1. The fraction of sp³-hybridized carbons (Fsp3) is 0.514. The van der Waals surface area contributed by atoms with Crippen LogP contribution in [0, 0.1) is 5.92 Å². The molecule has 1 aliphatic carbocycles. The van der Waals surface area contributed by atoms with Gasteiger partial charge in [-0.2, -0.15) is 4.99 Å². The number of aliphatic imine (C=N–C) groups is 1. The van der Waals surface area contributed by atoms with Gasteiger partial charge in [-0.1, -0.05) is 56.7 Å². The summed E-state index contributed by atoms with van der Waals surface area (Å²) in [5.41, 5.74) is 12.1. The van der Waals surface area contributed by atoms with Crippen LogP contribution in [0.25, 0.3) is 0 Å². The minimum absolute atomic E-state index is 0.00629. The molecule has 49 heavy (non-hydrogen) atoms. The number of likely N-dealkylation sites (tertiary alicyclic amines) is 1. The summed E-state index contributed by atoms with van der Waals surface area (Å²) in [7, 11) is -3.43. The molecule has 2 aliphatic rings. The van der Waals surface area contributed by atoms with Crippen molar-refractivity contribution in [2.24, 2.45) is 22.4 Å². The number of sulfone groups is 1. The monoisotopic (exact) mass is 699 g/mol. The zero-order valence-electron chi connectivity index (χ0n) is 28.8. The third-order valence-electron chi connectivity index (χ3n) is 8.85. The molecule has 0 aromatic heterocycles. The molecule has 0 radical (unpaired) electrons. The highest BCUT2D eigenvalue weighted by Crippen LogP contribution is 2.41. The van der Waals surface area contributed by atoms with Gasteiger partial charge in [-0.3, -0.25) is 19.7 Å². The predicted molar refractivity (Wildman–Crippen MR) is 186 cm³/mol. The summed E-state index contributed by atoms with van der Waals surface area (Å²) in [5.74, 6) is -2.32. The van der Waals surface area contributed by atoms with Crippen molar-refractivity contribution in [1.29, 1.82) is 0 Å². The highest BCUT2D eigenvalue weighted by Gasteiger charge is 2.49. The first-order valence-electron chi connectivity index (χ1n) is 16.5. The number of carbonyl (C=O) groups excluding carboxylic acids is 3.